The molecule has 0 unspecified atom stereocenters. The van der Waals surface area contributed by atoms with Crippen molar-refractivity contribution in [1.29, 1.82) is 0 Å². The lowest BCUT2D eigenvalue weighted by atomic mass is 10.1. The summed E-state index contributed by atoms with van der Waals surface area (Å²) in [6.07, 6.45) is 1.82. The second-order valence-electron chi connectivity index (χ2n) is 6.85. The minimum Gasteiger partial charge on any atom is -0.494 e. The highest BCUT2D eigenvalue weighted by Crippen LogP contribution is 2.21. The van der Waals surface area contributed by atoms with Gasteiger partial charge in [-0.1, -0.05) is 12.1 Å². The van der Waals surface area contributed by atoms with E-state index in [1.165, 1.54) is 4.31 Å². The molecule has 28 heavy (non-hydrogen) atoms. The molecule has 1 aliphatic heterocycles. The smallest absolute Gasteiger partial charge is 0.251 e. The molecule has 2 aromatic rings. The normalized spacial score (nSPS) is 14.8. The Balaban J connectivity index is 1.62. The van der Waals surface area contributed by atoms with E-state index in [0.717, 1.165) is 29.7 Å². The van der Waals surface area contributed by atoms with Crippen LogP contribution in [0.5, 0.6) is 5.75 Å². The second kappa shape index (κ2) is 8.75. The van der Waals surface area contributed by atoms with Crippen molar-refractivity contribution in [3.05, 3.63) is 59.2 Å². The summed E-state index contributed by atoms with van der Waals surface area (Å²) in [5.41, 5.74) is 2.32. The predicted octanol–water partition coefficient (Wildman–Crippen LogP) is 3.11. The number of aryl methyl sites for hydroxylation is 1. The molecule has 6 nitrogen and oxygen atoms in total. The van der Waals surface area contributed by atoms with Crippen LogP contribution in [0.4, 0.5) is 0 Å². The van der Waals surface area contributed by atoms with Crippen LogP contribution in [0.3, 0.4) is 0 Å². The van der Waals surface area contributed by atoms with Gasteiger partial charge in [-0.25, -0.2) is 8.42 Å². The lowest BCUT2D eigenvalue weighted by Crippen LogP contribution is -2.28. The van der Waals surface area contributed by atoms with Gasteiger partial charge in [0.2, 0.25) is 10.0 Å². The highest BCUT2D eigenvalue weighted by Gasteiger charge is 2.26. The number of amides is 1. The van der Waals surface area contributed by atoms with Crippen LogP contribution in [0.25, 0.3) is 0 Å². The Morgan fingerprint density at radius 2 is 1.79 bits per heavy atom. The van der Waals surface area contributed by atoms with Crippen LogP contribution >= 0.6 is 0 Å². The number of carbonyl (C=O) groups is 1. The van der Waals surface area contributed by atoms with E-state index >= 15 is 0 Å². The molecule has 0 atom stereocenters. The Morgan fingerprint density at radius 1 is 1.11 bits per heavy atom. The molecule has 150 valence electrons. The Hall–Kier alpha value is -2.38. The van der Waals surface area contributed by atoms with Crippen molar-refractivity contribution in [1.82, 2.24) is 9.62 Å². The minimum absolute atomic E-state index is 0.181. The molecule has 0 radical (unpaired) electrons. The van der Waals surface area contributed by atoms with Gasteiger partial charge < -0.3 is 10.1 Å². The average Bonchev–Trinajstić information content (AvgIpc) is 3.24. The number of rotatable bonds is 7. The van der Waals surface area contributed by atoms with Crippen LogP contribution in [-0.2, 0) is 16.6 Å². The summed E-state index contributed by atoms with van der Waals surface area (Å²) in [6, 6.07) is 12.0. The summed E-state index contributed by atoms with van der Waals surface area (Å²) in [5.74, 6) is 0.591. The quantitative estimate of drug-likeness (QED) is 0.772. The Bertz CT molecular complexity index is 933. The maximum atomic E-state index is 12.5. The van der Waals surface area contributed by atoms with Gasteiger partial charge in [-0.2, -0.15) is 4.31 Å². The van der Waals surface area contributed by atoms with Crippen LogP contribution in [0.2, 0.25) is 0 Å². The zero-order valence-electron chi connectivity index (χ0n) is 16.3. The number of benzene rings is 2. The average molecular weight is 403 g/mol. The second-order valence-corrected chi connectivity index (χ2v) is 8.79. The van der Waals surface area contributed by atoms with Crippen molar-refractivity contribution in [2.75, 3.05) is 19.7 Å². The lowest BCUT2D eigenvalue weighted by Gasteiger charge is -2.15. The number of nitrogens with one attached hydrogen (secondary N) is 1. The molecule has 1 fully saturated rings. The molecular weight excluding hydrogens is 376 g/mol. The van der Waals surface area contributed by atoms with Crippen LogP contribution < -0.4 is 10.1 Å². The lowest BCUT2D eigenvalue weighted by molar-refractivity contribution is 0.0950. The molecule has 2 aromatic carbocycles. The Morgan fingerprint density at radius 3 is 2.39 bits per heavy atom. The van der Waals surface area contributed by atoms with E-state index in [9.17, 15) is 13.2 Å². The summed E-state index contributed by atoms with van der Waals surface area (Å²) in [6.45, 7) is 5.90. The predicted molar refractivity (Wildman–Crippen MR) is 108 cm³/mol. The standard InChI is InChI=1S/C21H26N2O4S/c1-3-27-20-11-8-18(14-16(20)2)21(24)22-15-17-6-9-19(10-7-17)28(25,26)23-12-4-5-13-23/h6-11,14H,3-5,12-13,15H2,1-2H3,(H,22,24). The van der Waals surface area contributed by atoms with E-state index in [-0.39, 0.29) is 5.91 Å². The van der Waals surface area contributed by atoms with Crippen LogP contribution in [0.1, 0.15) is 41.3 Å². The van der Waals surface area contributed by atoms with Gasteiger partial charge in [-0.15, -0.1) is 0 Å². The molecule has 3 rings (SSSR count). The van der Waals surface area contributed by atoms with Crippen molar-refractivity contribution < 1.29 is 17.9 Å². The van der Waals surface area contributed by atoms with E-state index in [1.54, 1.807) is 42.5 Å². The van der Waals surface area contributed by atoms with E-state index < -0.39 is 10.0 Å². The molecule has 1 heterocycles. The first-order valence-electron chi connectivity index (χ1n) is 9.52. The highest BCUT2D eigenvalue weighted by atomic mass is 32.2. The van der Waals surface area contributed by atoms with Crippen molar-refractivity contribution in [2.24, 2.45) is 0 Å². The first-order valence-corrected chi connectivity index (χ1v) is 11.0. The topological polar surface area (TPSA) is 75.7 Å². The molecule has 0 aliphatic carbocycles. The largest absolute Gasteiger partial charge is 0.494 e. The molecule has 1 saturated heterocycles. The van der Waals surface area contributed by atoms with Gasteiger partial charge in [0.1, 0.15) is 5.75 Å². The van der Waals surface area contributed by atoms with Crippen LogP contribution in [0.15, 0.2) is 47.4 Å². The van der Waals surface area contributed by atoms with Crippen molar-refractivity contribution in [3.63, 3.8) is 0 Å². The van der Waals surface area contributed by atoms with Gasteiger partial charge in [0, 0.05) is 25.2 Å². The van der Waals surface area contributed by atoms with E-state index in [2.05, 4.69) is 5.32 Å². The summed E-state index contributed by atoms with van der Waals surface area (Å²) < 4.78 is 32.1. The van der Waals surface area contributed by atoms with Gasteiger partial charge in [0.15, 0.2) is 0 Å². The zero-order chi connectivity index (χ0) is 20.1. The first kappa shape index (κ1) is 20.4. The first-order chi connectivity index (χ1) is 13.4. The summed E-state index contributed by atoms with van der Waals surface area (Å²) >= 11 is 0. The number of hydrogen-bond acceptors (Lipinski definition) is 4. The summed E-state index contributed by atoms with van der Waals surface area (Å²) in [7, 11) is -3.41. The van der Waals surface area contributed by atoms with Crippen LogP contribution in [0, 0.1) is 6.92 Å². The third-order valence-corrected chi connectivity index (χ3v) is 6.73. The highest BCUT2D eigenvalue weighted by molar-refractivity contribution is 7.89. The van der Waals surface area contributed by atoms with Crippen molar-refractivity contribution in [3.8, 4) is 5.75 Å². The maximum Gasteiger partial charge on any atom is 0.251 e. The van der Waals surface area contributed by atoms with Gasteiger partial charge >= 0.3 is 0 Å². The maximum absolute atomic E-state index is 12.5. The number of sulfonamides is 1. The van der Waals surface area contributed by atoms with Crippen LogP contribution in [-0.4, -0.2) is 38.3 Å². The fourth-order valence-electron chi connectivity index (χ4n) is 3.25. The molecular formula is C21H26N2O4S. The van der Waals surface area contributed by atoms with E-state index in [4.69, 9.17) is 4.74 Å². The molecule has 1 N–H and O–H groups in total. The fraction of sp³-hybridized carbons (Fsp3) is 0.381. The van der Waals surface area contributed by atoms with Gasteiger partial charge in [0.05, 0.1) is 11.5 Å². The Labute approximate surface area is 166 Å². The summed E-state index contributed by atoms with van der Waals surface area (Å²) in [4.78, 5) is 12.7. The molecule has 0 saturated carbocycles. The molecule has 7 heteroatoms. The van der Waals surface area contributed by atoms with E-state index in [1.807, 2.05) is 13.8 Å². The molecule has 1 amide bonds. The molecule has 0 spiro atoms. The molecule has 0 bridgehead atoms. The number of hydrogen-bond donors (Lipinski definition) is 1. The van der Waals surface area contributed by atoms with E-state index in [0.29, 0.717) is 36.7 Å². The van der Waals surface area contributed by atoms with Gasteiger partial charge in [-0.3, -0.25) is 4.79 Å². The zero-order valence-corrected chi connectivity index (χ0v) is 17.1. The number of ether oxygens (including phenoxy) is 1. The molecule has 0 aromatic heterocycles. The third kappa shape index (κ3) is 4.54. The van der Waals surface area contributed by atoms with Crippen molar-refractivity contribution >= 4 is 15.9 Å². The van der Waals surface area contributed by atoms with Crippen molar-refractivity contribution in [2.45, 2.75) is 38.1 Å². The monoisotopic (exact) mass is 402 g/mol. The third-order valence-electron chi connectivity index (χ3n) is 4.82. The van der Waals surface area contributed by atoms with Gasteiger partial charge in [-0.05, 0) is 68.1 Å². The molecule has 1 aliphatic rings. The Kier molecular flexibility index (Phi) is 6.36. The summed E-state index contributed by atoms with van der Waals surface area (Å²) in [5, 5.41) is 2.87. The minimum atomic E-state index is -3.41. The SMILES string of the molecule is CCOc1ccc(C(=O)NCc2ccc(S(=O)(=O)N3CCCC3)cc2)cc1C. The van der Waals surface area contributed by atoms with Gasteiger partial charge in [0.25, 0.3) is 5.91 Å². The number of carbonyl (C=O) groups excluding carboxylic acids is 1. The fourth-order valence-corrected chi connectivity index (χ4v) is 4.77. The number of nitrogens with zero attached hydrogens (tertiary/aromatic N) is 1.